The predicted octanol–water partition coefficient (Wildman–Crippen LogP) is 1.88. The topological polar surface area (TPSA) is 66.4 Å². The van der Waals surface area contributed by atoms with Crippen molar-refractivity contribution in [3.05, 3.63) is 23.8 Å². The molecule has 1 unspecified atom stereocenters. The summed E-state index contributed by atoms with van der Waals surface area (Å²) in [4.78, 5) is 22.0. The number of amides is 1. The Balaban J connectivity index is 4.91. The maximum Gasteiger partial charge on any atom is 0.331 e. The number of nitrogens with one attached hydrogen (secondary N) is 1. The summed E-state index contributed by atoms with van der Waals surface area (Å²) in [5, 5.41) is 11.6. The average molecular weight is 225 g/mol. The van der Waals surface area contributed by atoms with Crippen molar-refractivity contribution < 1.29 is 14.7 Å². The number of carbonyl (C=O) groups excluding carboxylic acids is 1. The first-order valence-electron chi connectivity index (χ1n) is 5.29. The van der Waals surface area contributed by atoms with Crippen molar-refractivity contribution in [2.45, 2.75) is 39.7 Å². The number of hydrogen-bond acceptors (Lipinski definition) is 2. The van der Waals surface area contributed by atoms with Crippen LogP contribution in [0.4, 0.5) is 0 Å². The molecule has 90 valence electrons. The van der Waals surface area contributed by atoms with E-state index >= 15 is 0 Å². The Kier molecular flexibility index (Phi) is 6.15. The highest BCUT2D eigenvalue weighted by Crippen LogP contribution is 2.15. The number of carboxylic acids is 1. The predicted molar refractivity (Wildman–Crippen MR) is 63.0 cm³/mol. The first-order valence-corrected chi connectivity index (χ1v) is 5.29. The van der Waals surface area contributed by atoms with Crippen LogP contribution in [0.3, 0.4) is 0 Å². The number of carbonyl (C=O) groups is 2. The van der Waals surface area contributed by atoms with E-state index in [4.69, 9.17) is 5.11 Å². The molecule has 0 bridgehead atoms. The molecule has 0 radical (unpaired) electrons. The molecular weight excluding hydrogens is 206 g/mol. The van der Waals surface area contributed by atoms with Crippen LogP contribution in [-0.4, -0.2) is 23.0 Å². The van der Waals surface area contributed by atoms with Gasteiger partial charge >= 0.3 is 5.97 Å². The maximum absolute atomic E-state index is 11.1. The van der Waals surface area contributed by atoms with E-state index < -0.39 is 5.97 Å². The molecule has 0 aromatic carbocycles. The molecule has 0 aromatic rings. The van der Waals surface area contributed by atoms with Gasteiger partial charge in [0.2, 0.25) is 5.91 Å². The zero-order valence-corrected chi connectivity index (χ0v) is 10.0. The van der Waals surface area contributed by atoms with Gasteiger partial charge in [0.05, 0.1) is 0 Å². The lowest BCUT2D eigenvalue weighted by Gasteiger charge is -2.18. The van der Waals surface area contributed by atoms with Crippen molar-refractivity contribution in [1.82, 2.24) is 5.32 Å². The standard InChI is InChI=1S/C12H19NO3/c1-5-7-10(8(3)12(15)16)9(4)13-11(14)6-2/h6,9H,2,5,7H2,1,3-4H3,(H,13,14)(H,15,16). The van der Waals surface area contributed by atoms with Crippen LogP contribution in [0.5, 0.6) is 0 Å². The molecule has 4 nitrogen and oxygen atoms in total. The van der Waals surface area contributed by atoms with Crippen LogP contribution in [0, 0.1) is 0 Å². The zero-order valence-electron chi connectivity index (χ0n) is 10.0. The summed E-state index contributed by atoms with van der Waals surface area (Å²) < 4.78 is 0. The molecule has 2 N–H and O–H groups in total. The summed E-state index contributed by atoms with van der Waals surface area (Å²) in [5.41, 5.74) is 1.06. The van der Waals surface area contributed by atoms with Crippen molar-refractivity contribution in [3.63, 3.8) is 0 Å². The second-order valence-electron chi connectivity index (χ2n) is 3.64. The van der Waals surface area contributed by atoms with Gasteiger partial charge in [-0.3, -0.25) is 4.79 Å². The third kappa shape index (κ3) is 4.29. The van der Waals surface area contributed by atoms with E-state index in [0.29, 0.717) is 12.0 Å². The Hall–Kier alpha value is -1.58. The fourth-order valence-corrected chi connectivity index (χ4v) is 1.49. The monoisotopic (exact) mass is 225 g/mol. The van der Waals surface area contributed by atoms with Gasteiger partial charge in [0.1, 0.15) is 0 Å². The third-order valence-electron chi connectivity index (χ3n) is 2.39. The molecular formula is C12H19NO3. The summed E-state index contributed by atoms with van der Waals surface area (Å²) in [6.45, 7) is 8.66. The highest BCUT2D eigenvalue weighted by atomic mass is 16.4. The van der Waals surface area contributed by atoms with E-state index in [1.807, 2.05) is 6.92 Å². The van der Waals surface area contributed by atoms with Crippen molar-refractivity contribution >= 4 is 11.9 Å². The molecule has 0 heterocycles. The first-order chi connectivity index (χ1) is 7.43. The van der Waals surface area contributed by atoms with Crippen molar-refractivity contribution in [3.8, 4) is 0 Å². The summed E-state index contributed by atoms with van der Waals surface area (Å²) in [7, 11) is 0. The molecule has 0 aliphatic heterocycles. The van der Waals surface area contributed by atoms with Crippen molar-refractivity contribution in [2.24, 2.45) is 0 Å². The lowest BCUT2D eigenvalue weighted by molar-refractivity contribution is -0.132. The smallest absolute Gasteiger partial charge is 0.331 e. The molecule has 1 amide bonds. The van der Waals surface area contributed by atoms with Gasteiger partial charge in [0.15, 0.2) is 0 Å². The number of hydrogen-bond donors (Lipinski definition) is 2. The molecule has 0 aliphatic carbocycles. The molecule has 0 rings (SSSR count). The van der Waals surface area contributed by atoms with Crippen molar-refractivity contribution in [1.29, 1.82) is 0 Å². The first kappa shape index (κ1) is 14.4. The van der Waals surface area contributed by atoms with Gasteiger partial charge in [0, 0.05) is 11.6 Å². The summed E-state index contributed by atoms with van der Waals surface area (Å²) in [6, 6.07) is -0.276. The molecule has 0 spiro atoms. The van der Waals surface area contributed by atoms with E-state index in [-0.39, 0.29) is 11.9 Å². The third-order valence-corrected chi connectivity index (χ3v) is 2.39. The van der Waals surface area contributed by atoms with Crippen molar-refractivity contribution in [2.75, 3.05) is 0 Å². The normalized spacial score (nSPS) is 13.7. The van der Waals surface area contributed by atoms with Crippen LogP contribution >= 0.6 is 0 Å². The Morgan fingerprint density at radius 1 is 1.50 bits per heavy atom. The number of aliphatic carboxylic acids is 1. The lowest BCUT2D eigenvalue weighted by Crippen LogP contribution is -2.33. The summed E-state index contributed by atoms with van der Waals surface area (Å²) in [5.74, 6) is -1.23. The van der Waals surface area contributed by atoms with Crippen LogP contribution in [0.25, 0.3) is 0 Å². The number of rotatable bonds is 6. The molecule has 1 atom stereocenters. The minimum Gasteiger partial charge on any atom is -0.478 e. The average Bonchev–Trinajstić information content (AvgIpc) is 2.24. The Bertz CT molecular complexity index is 318. The van der Waals surface area contributed by atoms with Gasteiger partial charge in [-0.15, -0.1) is 0 Å². The Morgan fingerprint density at radius 2 is 2.06 bits per heavy atom. The molecule has 16 heavy (non-hydrogen) atoms. The van der Waals surface area contributed by atoms with E-state index in [1.165, 1.54) is 6.08 Å². The van der Waals surface area contributed by atoms with Crippen LogP contribution in [-0.2, 0) is 9.59 Å². The molecule has 0 fully saturated rings. The summed E-state index contributed by atoms with van der Waals surface area (Å²) in [6.07, 6.45) is 2.68. The van der Waals surface area contributed by atoms with E-state index in [9.17, 15) is 9.59 Å². The van der Waals surface area contributed by atoms with Gasteiger partial charge in [-0.05, 0) is 31.9 Å². The van der Waals surface area contributed by atoms with Gasteiger partial charge < -0.3 is 10.4 Å². The van der Waals surface area contributed by atoms with Crippen LogP contribution in [0.2, 0.25) is 0 Å². The highest BCUT2D eigenvalue weighted by Gasteiger charge is 2.16. The zero-order chi connectivity index (χ0) is 12.7. The summed E-state index contributed by atoms with van der Waals surface area (Å²) >= 11 is 0. The molecule has 0 saturated heterocycles. The molecule has 0 aromatic heterocycles. The van der Waals surface area contributed by atoms with E-state index in [0.717, 1.165) is 12.0 Å². The Labute approximate surface area is 96.0 Å². The van der Waals surface area contributed by atoms with Gasteiger partial charge in [0.25, 0.3) is 0 Å². The number of carboxylic acid groups (broad SMARTS) is 1. The molecule has 0 aliphatic rings. The van der Waals surface area contributed by atoms with Gasteiger partial charge in [-0.1, -0.05) is 19.9 Å². The van der Waals surface area contributed by atoms with Crippen LogP contribution in [0.1, 0.15) is 33.6 Å². The molecule has 4 heteroatoms. The fourth-order valence-electron chi connectivity index (χ4n) is 1.49. The highest BCUT2D eigenvalue weighted by molar-refractivity contribution is 5.89. The van der Waals surface area contributed by atoms with E-state index in [1.54, 1.807) is 13.8 Å². The van der Waals surface area contributed by atoms with Crippen LogP contribution < -0.4 is 5.32 Å². The van der Waals surface area contributed by atoms with Gasteiger partial charge in [-0.2, -0.15) is 0 Å². The SMILES string of the molecule is C=CC(=O)NC(C)C(CCC)=C(C)C(=O)O. The molecule has 0 saturated carbocycles. The van der Waals surface area contributed by atoms with Gasteiger partial charge in [-0.25, -0.2) is 4.79 Å². The Morgan fingerprint density at radius 3 is 2.44 bits per heavy atom. The minimum absolute atomic E-state index is 0.276. The maximum atomic E-state index is 11.1. The quantitative estimate of drug-likeness (QED) is 0.678. The minimum atomic E-state index is -0.942. The largest absolute Gasteiger partial charge is 0.478 e. The second kappa shape index (κ2) is 6.82. The lowest BCUT2D eigenvalue weighted by atomic mass is 9.98. The fraction of sp³-hybridized carbons (Fsp3) is 0.500. The second-order valence-corrected chi connectivity index (χ2v) is 3.64. The van der Waals surface area contributed by atoms with E-state index in [2.05, 4.69) is 11.9 Å². The van der Waals surface area contributed by atoms with Crippen LogP contribution in [0.15, 0.2) is 23.8 Å².